The van der Waals surface area contributed by atoms with Crippen molar-refractivity contribution in [1.82, 2.24) is 15.5 Å². The predicted molar refractivity (Wildman–Crippen MR) is 95.1 cm³/mol. The summed E-state index contributed by atoms with van der Waals surface area (Å²) in [4.78, 5) is 19.0. The SMILES string of the molecule is CCc1onc(C)c1C(=O)Nc1ccc(N2CCNCC2)cn1.Cl. The summed E-state index contributed by atoms with van der Waals surface area (Å²) in [5.41, 5.74) is 2.16. The van der Waals surface area contributed by atoms with Crippen molar-refractivity contribution in [3.63, 3.8) is 0 Å². The number of hydrogen-bond acceptors (Lipinski definition) is 6. The molecule has 1 saturated heterocycles. The van der Waals surface area contributed by atoms with Gasteiger partial charge in [-0.3, -0.25) is 4.79 Å². The molecule has 1 amide bonds. The van der Waals surface area contributed by atoms with Crippen LogP contribution in [0.4, 0.5) is 11.5 Å². The predicted octanol–water partition coefficient (Wildman–Crippen LogP) is 2.02. The van der Waals surface area contributed by atoms with Crippen LogP contribution in [0.15, 0.2) is 22.9 Å². The Morgan fingerprint density at radius 2 is 2.12 bits per heavy atom. The molecule has 3 rings (SSSR count). The third-order valence-corrected chi connectivity index (χ3v) is 3.95. The van der Waals surface area contributed by atoms with E-state index in [1.54, 1.807) is 13.1 Å². The lowest BCUT2D eigenvalue weighted by molar-refractivity contribution is 0.102. The van der Waals surface area contributed by atoms with Crippen LogP contribution in [0.25, 0.3) is 0 Å². The van der Waals surface area contributed by atoms with E-state index >= 15 is 0 Å². The molecule has 0 radical (unpaired) electrons. The molecule has 0 atom stereocenters. The molecule has 0 bridgehead atoms. The van der Waals surface area contributed by atoms with E-state index in [2.05, 4.69) is 25.7 Å². The van der Waals surface area contributed by atoms with Crippen LogP contribution in [0.2, 0.25) is 0 Å². The zero-order chi connectivity index (χ0) is 16.2. The van der Waals surface area contributed by atoms with Crippen molar-refractivity contribution >= 4 is 29.8 Å². The number of pyridine rings is 1. The van der Waals surface area contributed by atoms with Crippen LogP contribution in [0, 0.1) is 6.92 Å². The maximum atomic E-state index is 12.4. The van der Waals surface area contributed by atoms with Gasteiger partial charge < -0.3 is 20.1 Å². The normalized spacial score (nSPS) is 14.2. The molecule has 24 heavy (non-hydrogen) atoms. The Labute approximate surface area is 147 Å². The third kappa shape index (κ3) is 3.85. The van der Waals surface area contributed by atoms with E-state index in [1.165, 1.54) is 0 Å². The molecule has 1 aliphatic rings. The van der Waals surface area contributed by atoms with Crippen LogP contribution in [0.5, 0.6) is 0 Å². The molecule has 1 fully saturated rings. The van der Waals surface area contributed by atoms with E-state index in [4.69, 9.17) is 4.52 Å². The molecule has 0 spiro atoms. The average Bonchev–Trinajstić information content (AvgIpc) is 2.97. The number of carbonyl (C=O) groups excluding carboxylic acids is 1. The third-order valence-electron chi connectivity index (χ3n) is 3.95. The first-order chi connectivity index (χ1) is 11.2. The maximum Gasteiger partial charge on any atom is 0.262 e. The number of anilines is 2. The monoisotopic (exact) mass is 351 g/mol. The maximum absolute atomic E-state index is 12.4. The van der Waals surface area contributed by atoms with Crippen LogP contribution in [0.1, 0.15) is 28.7 Å². The van der Waals surface area contributed by atoms with Gasteiger partial charge in [0, 0.05) is 32.6 Å². The highest BCUT2D eigenvalue weighted by Gasteiger charge is 2.19. The second kappa shape index (κ2) is 8.12. The highest BCUT2D eigenvalue weighted by atomic mass is 35.5. The molecule has 0 aromatic carbocycles. The molecule has 0 aliphatic carbocycles. The zero-order valence-electron chi connectivity index (χ0n) is 13.8. The summed E-state index contributed by atoms with van der Waals surface area (Å²) in [5, 5.41) is 9.99. The van der Waals surface area contributed by atoms with Gasteiger partial charge in [-0.1, -0.05) is 12.1 Å². The molecular weight excluding hydrogens is 330 g/mol. The Balaban J connectivity index is 0.00000208. The van der Waals surface area contributed by atoms with Gasteiger partial charge in [-0.15, -0.1) is 12.4 Å². The smallest absolute Gasteiger partial charge is 0.262 e. The molecular formula is C16H22ClN5O2. The Bertz CT molecular complexity index is 680. The Hall–Kier alpha value is -2.12. The quantitative estimate of drug-likeness (QED) is 0.876. The second-order valence-corrected chi connectivity index (χ2v) is 5.51. The van der Waals surface area contributed by atoms with Crippen LogP contribution in [-0.2, 0) is 6.42 Å². The number of nitrogens with one attached hydrogen (secondary N) is 2. The summed E-state index contributed by atoms with van der Waals surface area (Å²) in [6.45, 7) is 7.58. The number of halogens is 1. The summed E-state index contributed by atoms with van der Waals surface area (Å²) in [5.74, 6) is 0.886. The summed E-state index contributed by atoms with van der Waals surface area (Å²) >= 11 is 0. The Kier molecular flexibility index (Phi) is 6.16. The van der Waals surface area contributed by atoms with Crippen LogP contribution in [-0.4, -0.2) is 42.2 Å². The van der Waals surface area contributed by atoms with Crippen LogP contribution >= 0.6 is 12.4 Å². The van der Waals surface area contributed by atoms with Crippen molar-refractivity contribution in [1.29, 1.82) is 0 Å². The fourth-order valence-electron chi connectivity index (χ4n) is 2.70. The second-order valence-electron chi connectivity index (χ2n) is 5.51. The minimum absolute atomic E-state index is 0. The first-order valence-electron chi connectivity index (χ1n) is 7.87. The van der Waals surface area contributed by atoms with E-state index in [1.807, 2.05) is 19.1 Å². The fourth-order valence-corrected chi connectivity index (χ4v) is 2.70. The van der Waals surface area contributed by atoms with Crippen molar-refractivity contribution in [2.24, 2.45) is 0 Å². The lowest BCUT2D eigenvalue weighted by atomic mass is 10.1. The lowest BCUT2D eigenvalue weighted by Gasteiger charge is -2.29. The molecule has 2 N–H and O–H groups in total. The van der Waals surface area contributed by atoms with Crippen LogP contribution in [0.3, 0.4) is 0 Å². The lowest BCUT2D eigenvalue weighted by Crippen LogP contribution is -2.43. The van der Waals surface area contributed by atoms with Gasteiger partial charge in [0.25, 0.3) is 5.91 Å². The fraction of sp³-hybridized carbons (Fsp3) is 0.438. The van der Waals surface area contributed by atoms with Crippen molar-refractivity contribution in [3.05, 3.63) is 35.3 Å². The summed E-state index contributed by atoms with van der Waals surface area (Å²) in [7, 11) is 0. The van der Waals surface area contributed by atoms with Crippen molar-refractivity contribution in [2.45, 2.75) is 20.3 Å². The summed E-state index contributed by atoms with van der Waals surface area (Å²) < 4.78 is 5.16. The number of amides is 1. The van der Waals surface area contributed by atoms with E-state index in [0.29, 0.717) is 29.3 Å². The summed E-state index contributed by atoms with van der Waals surface area (Å²) in [6.07, 6.45) is 2.42. The molecule has 7 nitrogen and oxygen atoms in total. The summed E-state index contributed by atoms with van der Waals surface area (Å²) in [6, 6.07) is 3.80. The topological polar surface area (TPSA) is 83.3 Å². The van der Waals surface area contributed by atoms with Gasteiger partial charge in [-0.2, -0.15) is 0 Å². The number of carbonyl (C=O) groups is 1. The van der Waals surface area contributed by atoms with Crippen LogP contribution < -0.4 is 15.5 Å². The van der Waals surface area contributed by atoms with Gasteiger partial charge in [0.2, 0.25) is 0 Å². The zero-order valence-corrected chi connectivity index (χ0v) is 14.7. The molecule has 8 heteroatoms. The van der Waals surface area contributed by atoms with Gasteiger partial charge in [-0.25, -0.2) is 4.98 Å². The highest BCUT2D eigenvalue weighted by Crippen LogP contribution is 2.18. The van der Waals surface area contributed by atoms with Gasteiger partial charge in [0.15, 0.2) is 0 Å². The number of piperazine rings is 1. The van der Waals surface area contributed by atoms with Gasteiger partial charge in [0.05, 0.1) is 17.6 Å². The largest absolute Gasteiger partial charge is 0.368 e. The van der Waals surface area contributed by atoms with Gasteiger partial charge in [-0.05, 0) is 19.1 Å². The van der Waals surface area contributed by atoms with E-state index in [-0.39, 0.29) is 18.3 Å². The Morgan fingerprint density at radius 3 is 2.75 bits per heavy atom. The molecule has 0 unspecified atom stereocenters. The molecule has 1 aliphatic heterocycles. The number of hydrogen-bond donors (Lipinski definition) is 2. The number of aryl methyl sites for hydroxylation is 2. The van der Waals surface area contributed by atoms with E-state index in [9.17, 15) is 4.79 Å². The first kappa shape index (κ1) is 18.2. The average molecular weight is 352 g/mol. The number of aromatic nitrogens is 2. The van der Waals surface area contributed by atoms with Gasteiger partial charge in [0.1, 0.15) is 17.1 Å². The molecule has 2 aromatic heterocycles. The standard InChI is InChI=1S/C16H21N5O2.ClH/c1-3-13-15(11(2)20-23-13)16(22)19-14-5-4-12(10-18-14)21-8-6-17-7-9-21;/h4-5,10,17H,3,6-9H2,1-2H3,(H,18,19,22);1H. The molecule has 0 saturated carbocycles. The molecule has 2 aromatic rings. The van der Waals surface area contributed by atoms with E-state index in [0.717, 1.165) is 31.9 Å². The van der Waals surface area contributed by atoms with Crippen molar-refractivity contribution < 1.29 is 9.32 Å². The van der Waals surface area contributed by atoms with Gasteiger partial charge >= 0.3 is 0 Å². The van der Waals surface area contributed by atoms with Crippen molar-refractivity contribution in [2.75, 3.05) is 36.4 Å². The highest BCUT2D eigenvalue weighted by molar-refractivity contribution is 6.05. The number of rotatable bonds is 4. The van der Waals surface area contributed by atoms with E-state index < -0.39 is 0 Å². The Morgan fingerprint density at radius 1 is 1.38 bits per heavy atom. The minimum atomic E-state index is -0.233. The minimum Gasteiger partial charge on any atom is -0.368 e. The number of nitrogens with zero attached hydrogens (tertiary/aromatic N) is 3. The molecule has 130 valence electrons. The van der Waals surface area contributed by atoms with Crippen molar-refractivity contribution in [3.8, 4) is 0 Å². The first-order valence-corrected chi connectivity index (χ1v) is 7.87. The molecule has 3 heterocycles.